The van der Waals surface area contributed by atoms with E-state index in [1.165, 1.54) is 12.0 Å². The number of nitrogens with zero attached hydrogens (tertiary/aromatic N) is 3. The quantitative estimate of drug-likeness (QED) is 0.388. The van der Waals surface area contributed by atoms with Crippen molar-refractivity contribution >= 4 is 17.9 Å². The van der Waals surface area contributed by atoms with Gasteiger partial charge >= 0.3 is 36.4 Å². The molecule has 0 unspecified atom stereocenters. The SMILES string of the molecule is CN(Cc1ccco1)[C@@H]1CN(Cc2cccnc2)[C@@H]2CCCO[C@H]12.O=C(O)C(F)(F)F.O=C(O)C(F)(F)F.O=C(O)C(F)(F)F. The molecule has 11 nitrogen and oxygen atoms in total. The van der Waals surface area contributed by atoms with Crippen molar-refractivity contribution in [1.82, 2.24) is 14.8 Å². The molecule has 3 atom stereocenters. The molecule has 2 aliphatic heterocycles. The lowest BCUT2D eigenvalue weighted by Crippen LogP contribution is -2.46. The number of aliphatic carboxylic acids is 3. The molecule has 0 radical (unpaired) electrons. The standard InChI is InChI=1S/C19H25N3O2.3C2HF3O2/c1-21(13-16-6-3-9-23-16)18-14-22(12-15-5-2-8-20-11-15)17-7-4-10-24-19(17)18;3*3-2(4,5)1(6)7/h2-3,5-6,8-9,11,17-19H,4,7,10,12-14H2,1H3;3*(H,6,7)/t17-,18-,19+;;;/m1.../s1. The summed E-state index contributed by atoms with van der Waals surface area (Å²) in [5.41, 5.74) is 1.27. The third-order valence-corrected chi connectivity index (χ3v) is 5.99. The Morgan fingerprint density at radius 2 is 1.47 bits per heavy atom. The van der Waals surface area contributed by atoms with Crippen LogP contribution in [0.2, 0.25) is 0 Å². The highest BCUT2D eigenvalue weighted by Crippen LogP contribution is 2.33. The van der Waals surface area contributed by atoms with E-state index in [2.05, 4.69) is 27.9 Å². The second-order valence-corrected chi connectivity index (χ2v) is 9.31. The van der Waals surface area contributed by atoms with Crippen LogP contribution in [0.15, 0.2) is 47.3 Å². The number of carbonyl (C=O) groups is 3. The van der Waals surface area contributed by atoms with Crippen LogP contribution in [0, 0.1) is 0 Å². The van der Waals surface area contributed by atoms with Gasteiger partial charge in [-0.1, -0.05) is 6.07 Å². The Balaban J connectivity index is 0.000000396. The Kier molecular flexibility index (Phi) is 14.7. The van der Waals surface area contributed by atoms with E-state index in [9.17, 15) is 39.5 Å². The van der Waals surface area contributed by atoms with Gasteiger partial charge in [-0.25, -0.2) is 14.4 Å². The number of likely N-dealkylation sites (tertiary alicyclic amines) is 1. The summed E-state index contributed by atoms with van der Waals surface area (Å²) in [5.74, 6) is -7.26. The second-order valence-electron chi connectivity index (χ2n) is 9.31. The van der Waals surface area contributed by atoms with E-state index in [4.69, 9.17) is 38.9 Å². The molecule has 0 aliphatic carbocycles. The molecule has 20 heteroatoms. The van der Waals surface area contributed by atoms with Crippen molar-refractivity contribution < 1.29 is 78.4 Å². The summed E-state index contributed by atoms with van der Waals surface area (Å²) in [4.78, 5) is 35.9. The van der Waals surface area contributed by atoms with E-state index >= 15 is 0 Å². The largest absolute Gasteiger partial charge is 0.490 e. The molecule has 2 aromatic heterocycles. The minimum atomic E-state index is -5.08. The number of likely N-dealkylation sites (N-methyl/N-ethyl adjacent to an activating group) is 1. The first-order chi connectivity index (χ1) is 20.6. The maximum absolute atomic E-state index is 10.6. The first-order valence-electron chi connectivity index (χ1n) is 12.5. The van der Waals surface area contributed by atoms with Crippen molar-refractivity contribution in [3.05, 3.63) is 54.2 Å². The maximum atomic E-state index is 10.6. The van der Waals surface area contributed by atoms with Crippen molar-refractivity contribution in [3.8, 4) is 0 Å². The van der Waals surface area contributed by atoms with Crippen LogP contribution in [-0.2, 0) is 32.2 Å². The molecule has 0 amide bonds. The van der Waals surface area contributed by atoms with Crippen molar-refractivity contribution in [2.24, 2.45) is 0 Å². The summed E-state index contributed by atoms with van der Waals surface area (Å²) in [5, 5.41) is 21.4. The van der Waals surface area contributed by atoms with Crippen LogP contribution in [-0.4, -0.2) is 105 Å². The number of aromatic nitrogens is 1. The highest BCUT2D eigenvalue weighted by molar-refractivity contribution is 5.73. The fourth-order valence-corrected chi connectivity index (χ4v) is 4.09. The highest BCUT2D eigenvalue weighted by Gasteiger charge is 2.45. The number of hydrogen-bond acceptors (Lipinski definition) is 8. The van der Waals surface area contributed by atoms with Gasteiger partial charge in [0.25, 0.3) is 0 Å². The molecule has 0 saturated carbocycles. The van der Waals surface area contributed by atoms with Gasteiger partial charge in [-0.05, 0) is 43.7 Å². The van der Waals surface area contributed by atoms with E-state index in [1.54, 1.807) is 6.26 Å². The average Bonchev–Trinajstić information content (AvgIpc) is 3.57. The Morgan fingerprint density at radius 3 is 1.89 bits per heavy atom. The van der Waals surface area contributed by atoms with E-state index < -0.39 is 36.4 Å². The first kappa shape index (κ1) is 39.1. The zero-order valence-corrected chi connectivity index (χ0v) is 23.1. The molecule has 0 bridgehead atoms. The smallest absolute Gasteiger partial charge is 0.475 e. The fourth-order valence-electron chi connectivity index (χ4n) is 4.09. The molecule has 0 spiro atoms. The summed E-state index contributed by atoms with van der Waals surface area (Å²) in [6.45, 7) is 3.68. The van der Waals surface area contributed by atoms with Crippen LogP contribution in [0.4, 0.5) is 39.5 Å². The minimum absolute atomic E-state index is 0.287. The zero-order chi connectivity index (χ0) is 34.6. The van der Waals surface area contributed by atoms with Gasteiger partial charge in [-0.3, -0.25) is 14.8 Å². The predicted molar refractivity (Wildman–Crippen MR) is 132 cm³/mol. The molecule has 4 heterocycles. The van der Waals surface area contributed by atoms with Gasteiger partial charge in [0.15, 0.2) is 0 Å². The molecule has 4 rings (SSSR count). The van der Waals surface area contributed by atoms with Gasteiger partial charge in [-0.2, -0.15) is 39.5 Å². The Labute approximate surface area is 248 Å². The number of hydrogen-bond donors (Lipinski definition) is 3. The van der Waals surface area contributed by atoms with Gasteiger partial charge in [-0.15, -0.1) is 0 Å². The molecule has 2 fully saturated rings. The van der Waals surface area contributed by atoms with E-state index in [-0.39, 0.29) is 6.10 Å². The zero-order valence-electron chi connectivity index (χ0n) is 23.1. The van der Waals surface area contributed by atoms with Crippen LogP contribution in [0.1, 0.15) is 24.2 Å². The van der Waals surface area contributed by atoms with Crippen LogP contribution in [0.3, 0.4) is 0 Å². The average molecular weight is 669 g/mol. The van der Waals surface area contributed by atoms with Crippen molar-refractivity contribution in [3.63, 3.8) is 0 Å². The maximum Gasteiger partial charge on any atom is 0.490 e. The van der Waals surface area contributed by atoms with Gasteiger partial charge in [0, 0.05) is 38.1 Å². The molecule has 2 aromatic rings. The lowest BCUT2D eigenvalue weighted by atomic mass is 10.00. The number of carboxylic acid groups (broad SMARTS) is 3. The molecule has 45 heavy (non-hydrogen) atoms. The van der Waals surface area contributed by atoms with Crippen LogP contribution >= 0.6 is 0 Å². The van der Waals surface area contributed by atoms with E-state index in [1.807, 2.05) is 30.6 Å². The second kappa shape index (κ2) is 17.0. The summed E-state index contributed by atoms with van der Waals surface area (Å²) in [6, 6.07) is 9.07. The van der Waals surface area contributed by atoms with Gasteiger partial charge < -0.3 is 24.5 Å². The highest BCUT2D eigenvalue weighted by atomic mass is 19.4. The topological polar surface area (TPSA) is 154 Å². The monoisotopic (exact) mass is 669 g/mol. The summed E-state index contributed by atoms with van der Waals surface area (Å²) >= 11 is 0. The van der Waals surface area contributed by atoms with E-state index in [0.717, 1.165) is 38.4 Å². The summed E-state index contributed by atoms with van der Waals surface area (Å²) < 4.78 is 107. The Hall–Kier alpha value is -3.91. The van der Waals surface area contributed by atoms with Gasteiger partial charge in [0.05, 0.1) is 25.0 Å². The molecule has 0 aromatic carbocycles. The number of alkyl halides is 9. The lowest BCUT2D eigenvalue weighted by Gasteiger charge is -2.34. The number of furan rings is 1. The number of halogens is 9. The molecular formula is C25H28F9N3O8. The van der Waals surface area contributed by atoms with Crippen molar-refractivity contribution in [2.45, 2.75) is 62.6 Å². The third-order valence-electron chi connectivity index (χ3n) is 5.99. The summed E-state index contributed by atoms with van der Waals surface area (Å²) in [6.07, 6.45) is -7.05. The third kappa shape index (κ3) is 14.2. The van der Waals surface area contributed by atoms with Crippen LogP contribution < -0.4 is 0 Å². The number of pyridine rings is 1. The number of fused-ring (bicyclic) bond motifs is 1. The number of rotatable bonds is 5. The molecule has 2 aliphatic rings. The van der Waals surface area contributed by atoms with Crippen molar-refractivity contribution in [1.29, 1.82) is 0 Å². The minimum Gasteiger partial charge on any atom is -0.475 e. The fraction of sp³-hybridized carbons (Fsp3) is 0.520. The van der Waals surface area contributed by atoms with Crippen LogP contribution in [0.25, 0.3) is 0 Å². The first-order valence-corrected chi connectivity index (χ1v) is 12.5. The van der Waals surface area contributed by atoms with Gasteiger partial charge in [0.1, 0.15) is 5.76 Å². The number of ether oxygens (including phenoxy) is 1. The predicted octanol–water partition coefficient (Wildman–Crippen LogP) is 4.44. The Bertz CT molecular complexity index is 1140. The van der Waals surface area contributed by atoms with Crippen LogP contribution in [0.5, 0.6) is 0 Å². The molecular weight excluding hydrogens is 641 g/mol. The van der Waals surface area contributed by atoms with Crippen molar-refractivity contribution in [2.75, 3.05) is 20.2 Å². The summed E-state index contributed by atoms with van der Waals surface area (Å²) in [7, 11) is 2.18. The molecule has 254 valence electrons. The normalized spacial score (nSPS) is 19.9. The molecule has 3 N–H and O–H groups in total. The number of carboxylic acids is 3. The lowest BCUT2D eigenvalue weighted by molar-refractivity contribution is -0.193. The van der Waals surface area contributed by atoms with Gasteiger partial charge in [0.2, 0.25) is 0 Å². The Morgan fingerprint density at radius 1 is 0.933 bits per heavy atom. The van der Waals surface area contributed by atoms with E-state index in [0.29, 0.717) is 12.1 Å². The molecule has 2 saturated heterocycles.